The molecule has 31 heteroatoms. The number of aliphatic hydroxyl groups excluding tert-OH is 5. The van der Waals surface area contributed by atoms with Crippen molar-refractivity contribution >= 4 is 43.1 Å². The van der Waals surface area contributed by atoms with E-state index in [0.717, 1.165) is 0 Å². The number of aliphatic hydroxyl groups is 5. The predicted molar refractivity (Wildman–Crippen MR) is 174 cm³/mol. The minimum Gasteiger partial charge on any atom is -0.479 e. The largest absolute Gasteiger partial charge is 0.479 e. The van der Waals surface area contributed by atoms with Crippen LogP contribution in [0, 0.1) is 11.8 Å². The quantitative estimate of drug-likeness (QED) is 0.0648. The molecular weight excluding hydrogens is 868 g/mol. The van der Waals surface area contributed by atoms with Crippen LogP contribution in [-0.2, 0) is 86.5 Å². The van der Waals surface area contributed by atoms with Gasteiger partial charge in [0.2, 0.25) is 12.0 Å². The van der Waals surface area contributed by atoms with Crippen LogP contribution in [0.15, 0.2) is 11.8 Å². The summed E-state index contributed by atoms with van der Waals surface area (Å²) in [7, 11) is -16.1. The van der Waals surface area contributed by atoms with E-state index in [0.29, 0.717) is 6.08 Å². The minimum atomic E-state index is -5.60. The fourth-order valence-electron chi connectivity index (χ4n) is 6.34. The highest BCUT2D eigenvalue weighted by Gasteiger charge is 2.57. The second kappa shape index (κ2) is 18.7. The third kappa shape index (κ3) is 11.9. The molecule has 4 heterocycles. The van der Waals surface area contributed by atoms with Gasteiger partial charge in [-0.25, -0.2) is 22.1 Å². The first-order chi connectivity index (χ1) is 26.6. The zero-order valence-electron chi connectivity index (χ0n) is 29.9. The number of rotatable bonds is 16. The minimum absolute atomic E-state index is 0.132. The van der Waals surface area contributed by atoms with Crippen molar-refractivity contribution in [1.82, 2.24) is 0 Å². The van der Waals surface area contributed by atoms with Crippen LogP contribution in [0.5, 0.6) is 0 Å². The average molecular weight is 911 g/mol. The van der Waals surface area contributed by atoms with Gasteiger partial charge in [-0.05, 0) is 12.5 Å². The predicted octanol–water partition coefficient (Wildman–Crippen LogP) is -4.96. The maximum Gasteiger partial charge on any atom is 0.397 e. The number of carboxylic acid groups (broad SMARTS) is 2. The van der Waals surface area contributed by atoms with Gasteiger partial charge in [0.25, 0.3) is 0 Å². The molecule has 0 aromatic carbocycles. The van der Waals surface area contributed by atoms with Gasteiger partial charge in [0.15, 0.2) is 37.2 Å². The fourth-order valence-corrected chi connectivity index (χ4v) is 7.61. The molecule has 18 atom stereocenters. The van der Waals surface area contributed by atoms with E-state index in [1.165, 1.54) is 20.8 Å². The molecule has 3 fully saturated rings. The van der Waals surface area contributed by atoms with E-state index < -0.39 is 166 Å². The van der Waals surface area contributed by atoms with Crippen LogP contribution in [0.4, 0.5) is 0 Å². The van der Waals surface area contributed by atoms with Crippen LogP contribution in [0.25, 0.3) is 0 Å². The Morgan fingerprint density at radius 3 is 1.72 bits per heavy atom. The highest BCUT2D eigenvalue weighted by atomic mass is 32.3. The lowest BCUT2D eigenvalue weighted by Gasteiger charge is -2.49. The summed E-state index contributed by atoms with van der Waals surface area (Å²) in [6, 6.07) is 0. The Morgan fingerprint density at radius 1 is 0.655 bits per heavy atom. The maximum atomic E-state index is 12.5. The van der Waals surface area contributed by atoms with Crippen molar-refractivity contribution in [3.05, 3.63) is 11.8 Å². The lowest BCUT2D eigenvalue weighted by molar-refractivity contribution is -0.368. The van der Waals surface area contributed by atoms with Crippen molar-refractivity contribution in [2.45, 2.75) is 126 Å². The van der Waals surface area contributed by atoms with Gasteiger partial charge in [0.1, 0.15) is 36.6 Å². The standard InChI is InChI=1S/C27H42O28S3/c1-4-10-17(50-26-16(54-57(40,41)42)9(28)5-11(49-26)22(32)33)14(30)8(3)25(48-10)52-19-15(31)20(55-58(43,44)45)27(53-21(19)23(34)35)51-18-12(6-46-56(37,38)39)47-24(36)7(2)13(18)29/h5,7-10,12-21,24-31,36H,4,6H2,1-3H3,(H,32,33)(H,34,35)(H,37,38,39)(H,40,41,42)(H,43,44,45). The van der Waals surface area contributed by atoms with E-state index in [1.807, 2.05) is 0 Å². The molecule has 18 unspecified atom stereocenters. The number of aliphatic carboxylic acids is 2. The molecule has 0 saturated carbocycles. The molecule has 0 aliphatic carbocycles. The molecule has 0 aromatic rings. The van der Waals surface area contributed by atoms with Gasteiger partial charge in [-0.1, -0.05) is 20.8 Å². The molecule has 0 spiro atoms. The maximum absolute atomic E-state index is 12.5. The van der Waals surface area contributed by atoms with Crippen molar-refractivity contribution in [2.75, 3.05) is 6.61 Å². The topological polar surface area (TPSA) is 431 Å². The summed E-state index contributed by atoms with van der Waals surface area (Å²) in [6.07, 6.45) is -32.1. The van der Waals surface area contributed by atoms with Crippen molar-refractivity contribution in [2.24, 2.45) is 11.8 Å². The van der Waals surface area contributed by atoms with Crippen molar-refractivity contribution in [1.29, 1.82) is 0 Å². The summed E-state index contributed by atoms with van der Waals surface area (Å²) in [5.74, 6) is -7.26. The Balaban J connectivity index is 1.61. The third-order valence-electron chi connectivity index (χ3n) is 9.25. The Labute approximate surface area is 328 Å². The normalized spacial score (nSPS) is 41.6. The number of ether oxygens (including phenoxy) is 7. The molecule has 336 valence electrons. The van der Waals surface area contributed by atoms with Crippen LogP contribution in [0.2, 0.25) is 0 Å². The van der Waals surface area contributed by atoms with Crippen LogP contribution >= 0.6 is 0 Å². The Kier molecular flexibility index (Phi) is 15.6. The highest BCUT2D eigenvalue weighted by Crippen LogP contribution is 2.38. The summed E-state index contributed by atoms with van der Waals surface area (Å²) in [5, 5.41) is 73.7. The van der Waals surface area contributed by atoms with Gasteiger partial charge in [-0.2, -0.15) is 25.3 Å². The SMILES string of the molecule is CCC1OC(OC2C(C(=O)O)OC(OC3C(COS(=O)(=O)O)OC(O)C(C)C3O)C(OS(=O)(=O)O)C2O)C(C)C(O)C1OC1OC(C(=O)O)=CC(O)C1OS(=O)(=O)O. The lowest BCUT2D eigenvalue weighted by Crippen LogP contribution is -2.66. The number of carbonyl (C=O) groups is 2. The lowest BCUT2D eigenvalue weighted by atomic mass is 9.90. The summed E-state index contributed by atoms with van der Waals surface area (Å²) in [5.41, 5.74) is 0. The monoisotopic (exact) mass is 910 g/mol. The number of hydrogen-bond acceptors (Lipinski definition) is 23. The molecule has 3 saturated heterocycles. The fraction of sp³-hybridized carbons (Fsp3) is 0.852. The second-order valence-electron chi connectivity index (χ2n) is 13.3. The van der Waals surface area contributed by atoms with Crippen molar-refractivity contribution in [3.63, 3.8) is 0 Å². The Morgan fingerprint density at radius 2 is 1.19 bits per heavy atom. The molecule has 0 amide bonds. The van der Waals surface area contributed by atoms with E-state index in [2.05, 4.69) is 12.5 Å². The molecule has 28 nitrogen and oxygen atoms in total. The summed E-state index contributed by atoms with van der Waals surface area (Å²) in [6.45, 7) is 2.69. The summed E-state index contributed by atoms with van der Waals surface area (Å²) < 4.78 is 149. The zero-order valence-corrected chi connectivity index (χ0v) is 32.4. The first-order valence-corrected chi connectivity index (χ1v) is 20.8. The summed E-state index contributed by atoms with van der Waals surface area (Å²) in [4.78, 5) is 24.1. The van der Waals surface area contributed by atoms with Gasteiger partial charge in [-0.3, -0.25) is 13.7 Å². The molecule has 0 aromatic heterocycles. The van der Waals surface area contributed by atoms with Crippen LogP contribution in [0.1, 0.15) is 27.2 Å². The van der Waals surface area contributed by atoms with Crippen molar-refractivity contribution < 1.29 is 130 Å². The molecule has 0 radical (unpaired) electrons. The van der Waals surface area contributed by atoms with E-state index in [4.69, 9.17) is 37.7 Å². The first kappa shape index (κ1) is 48.3. The van der Waals surface area contributed by atoms with Gasteiger partial charge in [0, 0.05) is 11.8 Å². The molecule has 4 rings (SSSR count). The molecular formula is C27H42O28S3. The van der Waals surface area contributed by atoms with Crippen LogP contribution in [-0.4, -0.2) is 192 Å². The number of carboxylic acids is 2. The van der Waals surface area contributed by atoms with Gasteiger partial charge >= 0.3 is 43.1 Å². The third-order valence-corrected chi connectivity index (χ3v) is 10.6. The smallest absolute Gasteiger partial charge is 0.397 e. The van der Waals surface area contributed by atoms with Gasteiger partial charge in [0.05, 0.1) is 24.9 Å². The Bertz CT molecular complexity index is 1820. The molecule has 0 bridgehead atoms. The van der Waals surface area contributed by atoms with E-state index in [9.17, 15) is 79.7 Å². The first-order valence-electron chi connectivity index (χ1n) is 16.7. The zero-order chi connectivity index (χ0) is 43.8. The molecule has 10 N–H and O–H groups in total. The molecule has 58 heavy (non-hydrogen) atoms. The molecule has 4 aliphatic heterocycles. The van der Waals surface area contributed by atoms with E-state index >= 15 is 0 Å². The van der Waals surface area contributed by atoms with Gasteiger partial charge in [-0.15, -0.1) is 0 Å². The van der Waals surface area contributed by atoms with Crippen LogP contribution < -0.4 is 0 Å². The van der Waals surface area contributed by atoms with E-state index in [1.54, 1.807) is 0 Å². The summed E-state index contributed by atoms with van der Waals surface area (Å²) >= 11 is 0. The van der Waals surface area contributed by atoms with Crippen molar-refractivity contribution in [3.8, 4) is 0 Å². The second-order valence-corrected chi connectivity index (χ2v) is 16.5. The van der Waals surface area contributed by atoms with Crippen LogP contribution in [0.3, 0.4) is 0 Å². The average Bonchev–Trinajstić information content (AvgIpc) is 3.09. The number of hydrogen-bond donors (Lipinski definition) is 10. The van der Waals surface area contributed by atoms with Gasteiger partial charge < -0.3 is 68.9 Å². The molecule has 4 aliphatic rings. The van der Waals surface area contributed by atoms with E-state index in [-0.39, 0.29) is 6.42 Å². The Hall–Kier alpha value is -2.35. The highest BCUT2D eigenvalue weighted by molar-refractivity contribution is 7.81.